The Kier molecular flexibility index (Phi) is 3.36. The highest BCUT2D eigenvalue weighted by Crippen LogP contribution is 2.27. The van der Waals surface area contributed by atoms with E-state index in [2.05, 4.69) is 4.98 Å². The number of pyridine rings is 1. The number of carbonyl (C=O) groups is 1. The molecule has 3 rings (SSSR count). The molecule has 104 valence electrons. The van der Waals surface area contributed by atoms with Gasteiger partial charge in [-0.25, -0.2) is 9.37 Å². The molecular weight excluding hydrogens is 269 g/mol. The Labute approximate surface area is 121 Å². The number of benzene rings is 2. The SMILES string of the molecule is Cc1cc(Oc2nc3ccccc3cc2C=O)ccc1F. The Bertz CT molecular complexity index is 830. The molecule has 3 aromatic rings. The van der Waals surface area contributed by atoms with E-state index in [-0.39, 0.29) is 11.7 Å². The molecule has 0 N–H and O–H groups in total. The maximum absolute atomic E-state index is 13.3. The Balaban J connectivity index is 2.06. The van der Waals surface area contributed by atoms with Crippen molar-refractivity contribution in [3.8, 4) is 11.6 Å². The molecule has 0 bridgehead atoms. The number of ether oxygens (including phenoxy) is 1. The first-order valence-electron chi connectivity index (χ1n) is 6.46. The molecule has 0 spiro atoms. The van der Waals surface area contributed by atoms with Crippen LogP contribution in [0.5, 0.6) is 11.6 Å². The number of halogens is 1. The zero-order valence-corrected chi connectivity index (χ0v) is 11.3. The number of hydrogen-bond acceptors (Lipinski definition) is 3. The summed E-state index contributed by atoms with van der Waals surface area (Å²) in [6.45, 7) is 1.65. The molecule has 0 saturated heterocycles. The van der Waals surface area contributed by atoms with Gasteiger partial charge >= 0.3 is 0 Å². The molecule has 4 heteroatoms. The monoisotopic (exact) mass is 281 g/mol. The fraction of sp³-hybridized carbons (Fsp3) is 0.0588. The van der Waals surface area contributed by atoms with Crippen LogP contribution in [0.15, 0.2) is 48.5 Å². The van der Waals surface area contributed by atoms with Crippen LogP contribution < -0.4 is 4.74 Å². The van der Waals surface area contributed by atoms with Crippen LogP contribution in [-0.4, -0.2) is 11.3 Å². The lowest BCUT2D eigenvalue weighted by molar-refractivity contribution is 0.112. The number of aromatic nitrogens is 1. The zero-order valence-electron chi connectivity index (χ0n) is 11.3. The second kappa shape index (κ2) is 5.32. The van der Waals surface area contributed by atoms with E-state index in [1.54, 1.807) is 19.1 Å². The van der Waals surface area contributed by atoms with Crippen molar-refractivity contribution in [1.82, 2.24) is 4.98 Å². The molecule has 0 aliphatic rings. The minimum Gasteiger partial charge on any atom is -0.438 e. The van der Waals surface area contributed by atoms with Gasteiger partial charge in [0, 0.05) is 5.39 Å². The molecule has 0 radical (unpaired) electrons. The van der Waals surface area contributed by atoms with Crippen LogP contribution in [0.25, 0.3) is 10.9 Å². The fourth-order valence-electron chi connectivity index (χ4n) is 2.07. The van der Waals surface area contributed by atoms with Crippen LogP contribution in [-0.2, 0) is 0 Å². The number of aryl methyl sites for hydroxylation is 1. The molecule has 0 fully saturated rings. The lowest BCUT2D eigenvalue weighted by Gasteiger charge is -2.09. The largest absolute Gasteiger partial charge is 0.438 e. The van der Waals surface area contributed by atoms with Crippen molar-refractivity contribution in [3.05, 3.63) is 65.5 Å². The summed E-state index contributed by atoms with van der Waals surface area (Å²) >= 11 is 0. The average molecular weight is 281 g/mol. The van der Waals surface area contributed by atoms with E-state index in [0.29, 0.717) is 23.2 Å². The van der Waals surface area contributed by atoms with Crippen molar-refractivity contribution in [2.45, 2.75) is 6.92 Å². The Morgan fingerprint density at radius 1 is 1.14 bits per heavy atom. The first-order valence-corrected chi connectivity index (χ1v) is 6.46. The summed E-state index contributed by atoms with van der Waals surface area (Å²) in [6.07, 6.45) is 0.700. The van der Waals surface area contributed by atoms with Crippen molar-refractivity contribution in [2.24, 2.45) is 0 Å². The summed E-state index contributed by atoms with van der Waals surface area (Å²) in [5, 5.41) is 0.863. The highest BCUT2D eigenvalue weighted by Gasteiger charge is 2.09. The van der Waals surface area contributed by atoms with Crippen molar-refractivity contribution < 1.29 is 13.9 Å². The Morgan fingerprint density at radius 2 is 1.95 bits per heavy atom. The third kappa shape index (κ3) is 2.60. The number of carbonyl (C=O) groups excluding carboxylic acids is 1. The van der Waals surface area contributed by atoms with Gasteiger partial charge in [0.1, 0.15) is 11.6 Å². The van der Waals surface area contributed by atoms with Crippen LogP contribution >= 0.6 is 0 Å². The van der Waals surface area contributed by atoms with E-state index in [1.807, 2.05) is 24.3 Å². The van der Waals surface area contributed by atoms with Crippen molar-refractivity contribution in [3.63, 3.8) is 0 Å². The van der Waals surface area contributed by atoms with Crippen LogP contribution in [0.3, 0.4) is 0 Å². The standard InChI is InChI=1S/C17H12FNO2/c1-11-8-14(6-7-15(11)18)21-17-13(10-20)9-12-4-2-3-5-16(12)19-17/h2-10H,1H3. The predicted octanol–water partition coefficient (Wildman–Crippen LogP) is 4.29. The van der Waals surface area contributed by atoms with Gasteiger partial charge in [-0.1, -0.05) is 18.2 Å². The summed E-state index contributed by atoms with van der Waals surface area (Å²) in [6, 6.07) is 13.6. The van der Waals surface area contributed by atoms with Gasteiger partial charge in [-0.05, 0) is 42.8 Å². The number of fused-ring (bicyclic) bond motifs is 1. The number of para-hydroxylation sites is 1. The van der Waals surface area contributed by atoms with Crippen LogP contribution in [0, 0.1) is 12.7 Å². The first kappa shape index (κ1) is 13.2. The maximum atomic E-state index is 13.3. The van der Waals surface area contributed by atoms with Gasteiger partial charge in [-0.2, -0.15) is 0 Å². The second-order valence-electron chi connectivity index (χ2n) is 4.71. The molecule has 1 aromatic heterocycles. The van der Waals surface area contributed by atoms with Crippen molar-refractivity contribution in [2.75, 3.05) is 0 Å². The molecule has 0 amide bonds. The number of hydrogen-bond donors (Lipinski definition) is 0. The molecule has 3 nitrogen and oxygen atoms in total. The Morgan fingerprint density at radius 3 is 2.71 bits per heavy atom. The van der Waals surface area contributed by atoms with Crippen molar-refractivity contribution >= 4 is 17.2 Å². The quantitative estimate of drug-likeness (QED) is 0.672. The van der Waals surface area contributed by atoms with Gasteiger partial charge in [-0.15, -0.1) is 0 Å². The third-order valence-electron chi connectivity index (χ3n) is 3.19. The van der Waals surface area contributed by atoms with Gasteiger partial charge in [0.25, 0.3) is 0 Å². The lowest BCUT2D eigenvalue weighted by Crippen LogP contribution is -1.95. The van der Waals surface area contributed by atoms with Gasteiger partial charge in [0.05, 0.1) is 11.1 Å². The molecule has 0 unspecified atom stereocenters. The Hall–Kier alpha value is -2.75. The van der Waals surface area contributed by atoms with Gasteiger partial charge in [0.15, 0.2) is 6.29 Å². The van der Waals surface area contributed by atoms with E-state index in [9.17, 15) is 9.18 Å². The number of rotatable bonds is 3. The zero-order chi connectivity index (χ0) is 14.8. The van der Waals surface area contributed by atoms with Gasteiger partial charge < -0.3 is 4.74 Å². The average Bonchev–Trinajstić information content (AvgIpc) is 2.50. The molecule has 0 atom stereocenters. The molecule has 0 saturated carbocycles. The normalized spacial score (nSPS) is 10.6. The van der Waals surface area contributed by atoms with Crippen molar-refractivity contribution in [1.29, 1.82) is 0 Å². The molecule has 0 aliphatic heterocycles. The van der Waals surface area contributed by atoms with E-state index >= 15 is 0 Å². The van der Waals surface area contributed by atoms with E-state index in [1.165, 1.54) is 12.1 Å². The topological polar surface area (TPSA) is 39.2 Å². The van der Waals surface area contributed by atoms with Crippen LogP contribution in [0.4, 0.5) is 4.39 Å². The van der Waals surface area contributed by atoms with Crippen LogP contribution in [0.2, 0.25) is 0 Å². The summed E-state index contributed by atoms with van der Waals surface area (Å²) in [7, 11) is 0. The highest BCUT2D eigenvalue weighted by atomic mass is 19.1. The molecule has 21 heavy (non-hydrogen) atoms. The fourth-order valence-corrected chi connectivity index (χ4v) is 2.07. The summed E-state index contributed by atoms with van der Waals surface area (Å²) in [5.74, 6) is 0.360. The minimum absolute atomic E-state index is 0.217. The van der Waals surface area contributed by atoms with Gasteiger partial charge in [0.2, 0.25) is 5.88 Å². The highest BCUT2D eigenvalue weighted by molar-refractivity contribution is 5.88. The summed E-state index contributed by atoms with van der Waals surface area (Å²) in [4.78, 5) is 15.5. The van der Waals surface area contributed by atoms with Crippen LogP contribution in [0.1, 0.15) is 15.9 Å². The molecule has 1 heterocycles. The first-order chi connectivity index (χ1) is 10.2. The lowest BCUT2D eigenvalue weighted by atomic mass is 10.1. The molecule has 2 aromatic carbocycles. The van der Waals surface area contributed by atoms with E-state index in [0.717, 1.165) is 10.9 Å². The second-order valence-corrected chi connectivity index (χ2v) is 4.71. The number of aldehydes is 1. The number of nitrogens with zero attached hydrogens (tertiary/aromatic N) is 1. The third-order valence-corrected chi connectivity index (χ3v) is 3.19. The molecular formula is C17H12FNO2. The summed E-state index contributed by atoms with van der Waals surface area (Å²) < 4.78 is 18.9. The smallest absolute Gasteiger partial charge is 0.230 e. The van der Waals surface area contributed by atoms with E-state index < -0.39 is 0 Å². The maximum Gasteiger partial charge on any atom is 0.230 e. The molecule has 0 aliphatic carbocycles. The minimum atomic E-state index is -0.301. The summed E-state index contributed by atoms with van der Waals surface area (Å²) in [5.41, 5.74) is 1.56. The predicted molar refractivity (Wildman–Crippen MR) is 78.3 cm³/mol. The van der Waals surface area contributed by atoms with E-state index in [4.69, 9.17) is 4.74 Å². The van der Waals surface area contributed by atoms with Gasteiger partial charge in [-0.3, -0.25) is 4.79 Å².